The van der Waals surface area contributed by atoms with Gasteiger partial charge < -0.3 is 10.6 Å². The molecule has 1 heterocycles. The van der Waals surface area contributed by atoms with Crippen LogP contribution in [0.25, 0.3) is 0 Å². The van der Waals surface area contributed by atoms with Crippen LogP contribution in [-0.4, -0.2) is 23.3 Å². The molecule has 1 aromatic carbocycles. The Morgan fingerprint density at radius 1 is 1.10 bits per heavy atom. The average molecular weight is 348 g/mol. The van der Waals surface area contributed by atoms with E-state index in [-0.39, 0.29) is 11.8 Å². The van der Waals surface area contributed by atoms with Crippen LogP contribution in [0.5, 0.6) is 0 Å². The van der Waals surface area contributed by atoms with Gasteiger partial charge in [0.05, 0.1) is 5.56 Å². The Hall–Kier alpha value is -2.21. The SMILES string of the molecule is CCNC(=O)c1ccc(NC(=O)c2cncc(Br)c2)cc1. The second-order valence-electron chi connectivity index (χ2n) is 4.28. The number of benzene rings is 1. The zero-order valence-corrected chi connectivity index (χ0v) is 13.0. The molecule has 6 heteroatoms. The molecule has 2 N–H and O–H groups in total. The number of anilines is 1. The number of hydrogen-bond acceptors (Lipinski definition) is 3. The van der Waals surface area contributed by atoms with E-state index >= 15 is 0 Å². The van der Waals surface area contributed by atoms with Crippen molar-refractivity contribution in [2.45, 2.75) is 6.92 Å². The maximum atomic E-state index is 12.0. The molecule has 0 saturated carbocycles. The maximum Gasteiger partial charge on any atom is 0.257 e. The van der Waals surface area contributed by atoms with Crippen LogP contribution >= 0.6 is 15.9 Å². The number of nitrogens with one attached hydrogen (secondary N) is 2. The molecule has 0 aliphatic carbocycles. The number of rotatable bonds is 4. The van der Waals surface area contributed by atoms with E-state index in [0.29, 0.717) is 23.4 Å². The Balaban J connectivity index is 2.06. The van der Waals surface area contributed by atoms with Gasteiger partial charge in [-0.2, -0.15) is 0 Å². The molecule has 5 nitrogen and oxygen atoms in total. The third kappa shape index (κ3) is 4.13. The first-order chi connectivity index (χ1) is 10.1. The van der Waals surface area contributed by atoms with E-state index in [4.69, 9.17) is 0 Å². The lowest BCUT2D eigenvalue weighted by Crippen LogP contribution is -2.22. The third-order valence-electron chi connectivity index (χ3n) is 2.71. The Labute approximate surface area is 130 Å². The Morgan fingerprint density at radius 2 is 1.81 bits per heavy atom. The summed E-state index contributed by atoms with van der Waals surface area (Å²) in [7, 11) is 0. The van der Waals surface area contributed by atoms with E-state index in [0.717, 1.165) is 4.47 Å². The van der Waals surface area contributed by atoms with Crippen molar-refractivity contribution in [3.63, 3.8) is 0 Å². The molecule has 0 bridgehead atoms. The number of pyridine rings is 1. The Morgan fingerprint density at radius 3 is 2.43 bits per heavy atom. The van der Waals surface area contributed by atoms with Crippen LogP contribution in [0, 0.1) is 0 Å². The van der Waals surface area contributed by atoms with Gasteiger partial charge in [-0.15, -0.1) is 0 Å². The summed E-state index contributed by atoms with van der Waals surface area (Å²) in [5.74, 6) is -0.388. The van der Waals surface area contributed by atoms with Crippen LogP contribution in [0.2, 0.25) is 0 Å². The van der Waals surface area contributed by atoms with E-state index < -0.39 is 0 Å². The fourth-order valence-corrected chi connectivity index (χ4v) is 2.07. The molecular formula is C15H14BrN3O2. The highest BCUT2D eigenvalue weighted by Crippen LogP contribution is 2.13. The second-order valence-corrected chi connectivity index (χ2v) is 5.20. The van der Waals surface area contributed by atoms with Crippen molar-refractivity contribution < 1.29 is 9.59 Å². The smallest absolute Gasteiger partial charge is 0.257 e. The van der Waals surface area contributed by atoms with Gasteiger partial charge in [0, 0.05) is 34.7 Å². The summed E-state index contributed by atoms with van der Waals surface area (Å²) < 4.78 is 0.738. The first-order valence-corrected chi connectivity index (χ1v) is 7.19. The number of hydrogen-bond donors (Lipinski definition) is 2. The summed E-state index contributed by atoms with van der Waals surface area (Å²) >= 11 is 3.27. The van der Waals surface area contributed by atoms with E-state index in [1.807, 2.05) is 6.92 Å². The normalized spacial score (nSPS) is 10.0. The van der Waals surface area contributed by atoms with E-state index in [2.05, 4.69) is 31.5 Å². The monoisotopic (exact) mass is 347 g/mol. The average Bonchev–Trinajstić information content (AvgIpc) is 2.48. The predicted molar refractivity (Wildman–Crippen MR) is 84.3 cm³/mol. The second kappa shape index (κ2) is 6.99. The lowest BCUT2D eigenvalue weighted by atomic mass is 10.2. The minimum absolute atomic E-state index is 0.133. The molecule has 2 aromatic rings. The molecule has 0 radical (unpaired) electrons. The van der Waals surface area contributed by atoms with Crippen LogP contribution in [0.3, 0.4) is 0 Å². The molecule has 0 aliphatic rings. The van der Waals surface area contributed by atoms with Crippen LogP contribution in [0.1, 0.15) is 27.6 Å². The van der Waals surface area contributed by atoms with Gasteiger partial charge in [0.25, 0.3) is 11.8 Å². The molecule has 2 rings (SSSR count). The van der Waals surface area contributed by atoms with Gasteiger partial charge >= 0.3 is 0 Å². The fourth-order valence-electron chi connectivity index (χ4n) is 1.71. The van der Waals surface area contributed by atoms with Crippen molar-refractivity contribution in [2.24, 2.45) is 0 Å². The van der Waals surface area contributed by atoms with E-state index in [1.54, 1.807) is 36.5 Å². The van der Waals surface area contributed by atoms with Gasteiger partial charge in [-0.3, -0.25) is 14.6 Å². The van der Waals surface area contributed by atoms with Crippen molar-refractivity contribution >= 4 is 33.4 Å². The van der Waals surface area contributed by atoms with Crippen molar-refractivity contribution in [1.29, 1.82) is 0 Å². The lowest BCUT2D eigenvalue weighted by molar-refractivity contribution is 0.0955. The quantitative estimate of drug-likeness (QED) is 0.893. The summed E-state index contributed by atoms with van der Waals surface area (Å²) in [4.78, 5) is 27.6. The summed E-state index contributed by atoms with van der Waals surface area (Å²) in [6.07, 6.45) is 3.10. The highest BCUT2D eigenvalue weighted by molar-refractivity contribution is 9.10. The number of aromatic nitrogens is 1. The highest BCUT2D eigenvalue weighted by atomic mass is 79.9. The molecule has 0 unspecified atom stereocenters. The Kier molecular flexibility index (Phi) is 5.05. The van der Waals surface area contributed by atoms with Crippen LogP contribution in [0.15, 0.2) is 47.2 Å². The minimum atomic E-state index is -0.255. The topological polar surface area (TPSA) is 71.1 Å². The van der Waals surface area contributed by atoms with Gasteiger partial charge in [0.2, 0.25) is 0 Å². The molecule has 1 aromatic heterocycles. The van der Waals surface area contributed by atoms with E-state index in [9.17, 15) is 9.59 Å². The molecule has 2 amide bonds. The molecule has 0 atom stereocenters. The fraction of sp³-hybridized carbons (Fsp3) is 0.133. The summed E-state index contributed by atoms with van der Waals surface area (Å²) in [5, 5.41) is 5.47. The number of amides is 2. The van der Waals surface area contributed by atoms with E-state index in [1.165, 1.54) is 6.20 Å². The molecule has 108 valence electrons. The number of halogens is 1. The number of carbonyl (C=O) groups excluding carboxylic acids is 2. The lowest BCUT2D eigenvalue weighted by Gasteiger charge is -2.07. The largest absolute Gasteiger partial charge is 0.352 e. The summed E-state index contributed by atoms with van der Waals surface area (Å²) in [6.45, 7) is 2.44. The van der Waals surface area contributed by atoms with Crippen LogP contribution in [0.4, 0.5) is 5.69 Å². The van der Waals surface area contributed by atoms with Crippen molar-refractivity contribution in [2.75, 3.05) is 11.9 Å². The molecule has 0 fully saturated rings. The van der Waals surface area contributed by atoms with Crippen LogP contribution < -0.4 is 10.6 Å². The van der Waals surface area contributed by atoms with Crippen molar-refractivity contribution in [3.05, 3.63) is 58.3 Å². The van der Waals surface area contributed by atoms with Crippen molar-refractivity contribution in [3.8, 4) is 0 Å². The molecule has 0 spiro atoms. The maximum absolute atomic E-state index is 12.0. The van der Waals surface area contributed by atoms with Gasteiger partial charge in [0.15, 0.2) is 0 Å². The first kappa shape index (κ1) is 15.2. The van der Waals surface area contributed by atoms with Crippen LogP contribution in [-0.2, 0) is 0 Å². The highest BCUT2D eigenvalue weighted by Gasteiger charge is 2.08. The van der Waals surface area contributed by atoms with Gasteiger partial charge in [0.1, 0.15) is 0 Å². The molecule has 0 saturated heterocycles. The summed E-state index contributed by atoms with van der Waals surface area (Å²) in [5.41, 5.74) is 1.63. The minimum Gasteiger partial charge on any atom is -0.352 e. The standard InChI is InChI=1S/C15H14BrN3O2/c1-2-18-14(20)10-3-5-13(6-4-10)19-15(21)11-7-12(16)9-17-8-11/h3-9H,2H2,1H3,(H,18,20)(H,19,21). The molecular weight excluding hydrogens is 334 g/mol. The first-order valence-electron chi connectivity index (χ1n) is 6.40. The van der Waals surface area contributed by atoms with Gasteiger partial charge in [-0.05, 0) is 53.2 Å². The zero-order valence-electron chi connectivity index (χ0n) is 11.4. The third-order valence-corrected chi connectivity index (χ3v) is 3.14. The van der Waals surface area contributed by atoms with Crippen molar-refractivity contribution in [1.82, 2.24) is 10.3 Å². The summed E-state index contributed by atoms with van der Waals surface area (Å²) in [6, 6.07) is 8.40. The Bertz CT molecular complexity index is 656. The molecule has 21 heavy (non-hydrogen) atoms. The zero-order chi connectivity index (χ0) is 15.2. The number of carbonyl (C=O) groups is 2. The van der Waals surface area contributed by atoms with Gasteiger partial charge in [-0.1, -0.05) is 0 Å². The molecule has 0 aliphatic heterocycles. The van der Waals surface area contributed by atoms with Gasteiger partial charge in [-0.25, -0.2) is 0 Å². The predicted octanol–water partition coefficient (Wildman–Crippen LogP) is 2.85. The number of nitrogens with zero attached hydrogens (tertiary/aromatic N) is 1.